The molecule has 1 N–H and O–H groups in total. The van der Waals surface area contributed by atoms with Gasteiger partial charge in [0.1, 0.15) is 0 Å². The van der Waals surface area contributed by atoms with Crippen molar-refractivity contribution in [2.75, 3.05) is 45.8 Å². The molecule has 2 heterocycles. The summed E-state index contributed by atoms with van der Waals surface area (Å²) in [6.07, 6.45) is 6.93. The zero-order valence-electron chi connectivity index (χ0n) is 13.0. The molecule has 0 amide bonds. The van der Waals surface area contributed by atoms with E-state index < -0.39 is 0 Å². The predicted octanol–water partition coefficient (Wildman–Crippen LogP) is 2.18. The second kappa shape index (κ2) is 8.23. The van der Waals surface area contributed by atoms with Gasteiger partial charge in [0.25, 0.3) is 0 Å². The van der Waals surface area contributed by atoms with Gasteiger partial charge < -0.3 is 15.1 Å². The minimum Gasteiger partial charge on any atom is -0.317 e. The third-order valence-corrected chi connectivity index (χ3v) is 4.80. The SMILES string of the molecule is CC(C)N(CCCN1CCCC1)CC1CCNCC1. The molecule has 3 heteroatoms. The number of hydrogen-bond donors (Lipinski definition) is 1. The van der Waals surface area contributed by atoms with Gasteiger partial charge >= 0.3 is 0 Å². The van der Waals surface area contributed by atoms with Crippen LogP contribution in [-0.4, -0.2) is 61.7 Å². The molecule has 0 aromatic heterocycles. The van der Waals surface area contributed by atoms with Gasteiger partial charge in [-0.15, -0.1) is 0 Å². The van der Waals surface area contributed by atoms with E-state index in [0.29, 0.717) is 6.04 Å². The van der Waals surface area contributed by atoms with Crippen molar-refractivity contribution in [2.45, 2.75) is 52.0 Å². The molecule has 0 unspecified atom stereocenters. The summed E-state index contributed by atoms with van der Waals surface area (Å²) in [5.74, 6) is 0.926. The molecule has 112 valence electrons. The second-order valence-electron chi connectivity index (χ2n) is 6.68. The smallest absolute Gasteiger partial charge is 0.00387 e. The van der Waals surface area contributed by atoms with Gasteiger partial charge in [-0.1, -0.05) is 0 Å². The molecule has 0 spiro atoms. The maximum Gasteiger partial charge on any atom is 0.00387 e. The Bertz CT molecular complexity index is 230. The average molecular weight is 267 g/mol. The van der Waals surface area contributed by atoms with Crippen LogP contribution in [0.1, 0.15) is 46.0 Å². The minimum atomic E-state index is 0.702. The van der Waals surface area contributed by atoms with E-state index in [9.17, 15) is 0 Å². The summed E-state index contributed by atoms with van der Waals surface area (Å²) < 4.78 is 0. The van der Waals surface area contributed by atoms with Crippen LogP contribution in [0, 0.1) is 5.92 Å². The maximum absolute atomic E-state index is 3.47. The molecule has 0 atom stereocenters. The molecule has 2 rings (SSSR count). The summed E-state index contributed by atoms with van der Waals surface area (Å²) in [6, 6.07) is 0.702. The van der Waals surface area contributed by atoms with E-state index in [1.54, 1.807) is 0 Å². The minimum absolute atomic E-state index is 0.702. The second-order valence-corrected chi connectivity index (χ2v) is 6.68. The van der Waals surface area contributed by atoms with Crippen LogP contribution in [-0.2, 0) is 0 Å². The summed E-state index contributed by atoms with van der Waals surface area (Å²) in [7, 11) is 0. The molecule has 0 saturated carbocycles. The van der Waals surface area contributed by atoms with E-state index in [-0.39, 0.29) is 0 Å². The Morgan fingerprint density at radius 3 is 2.47 bits per heavy atom. The third-order valence-electron chi connectivity index (χ3n) is 4.80. The Hall–Kier alpha value is -0.120. The zero-order valence-corrected chi connectivity index (χ0v) is 13.0. The van der Waals surface area contributed by atoms with E-state index >= 15 is 0 Å². The van der Waals surface area contributed by atoms with Crippen LogP contribution in [0.3, 0.4) is 0 Å². The summed E-state index contributed by atoms with van der Waals surface area (Å²) in [5.41, 5.74) is 0. The van der Waals surface area contributed by atoms with Crippen molar-refractivity contribution in [1.29, 1.82) is 0 Å². The third kappa shape index (κ3) is 5.41. The quantitative estimate of drug-likeness (QED) is 0.763. The molecule has 0 aliphatic carbocycles. The number of hydrogen-bond acceptors (Lipinski definition) is 3. The Labute approximate surface area is 119 Å². The highest BCUT2D eigenvalue weighted by Crippen LogP contribution is 2.16. The van der Waals surface area contributed by atoms with Gasteiger partial charge in [0.05, 0.1) is 0 Å². The highest BCUT2D eigenvalue weighted by Gasteiger charge is 2.19. The lowest BCUT2D eigenvalue weighted by Crippen LogP contribution is -2.40. The molecule has 2 aliphatic heterocycles. The van der Waals surface area contributed by atoms with Crippen LogP contribution < -0.4 is 5.32 Å². The largest absolute Gasteiger partial charge is 0.317 e. The van der Waals surface area contributed by atoms with Gasteiger partial charge in [-0.2, -0.15) is 0 Å². The first-order valence-electron chi connectivity index (χ1n) is 8.43. The average Bonchev–Trinajstić information content (AvgIpc) is 2.92. The van der Waals surface area contributed by atoms with Crippen LogP contribution in [0.25, 0.3) is 0 Å². The predicted molar refractivity (Wildman–Crippen MR) is 82.6 cm³/mol. The topological polar surface area (TPSA) is 18.5 Å². The lowest BCUT2D eigenvalue weighted by atomic mass is 9.97. The summed E-state index contributed by atoms with van der Waals surface area (Å²) >= 11 is 0. The Morgan fingerprint density at radius 1 is 1.16 bits per heavy atom. The highest BCUT2D eigenvalue weighted by atomic mass is 15.2. The van der Waals surface area contributed by atoms with Gasteiger partial charge in [0.2, 0.25) is 0 Å². The fraction of sp³-hybridized carbons (Fsp3) is 1.00. The van der Waals surface area contributed by atoms with E-state index in [2.05, 4.69) is 29.0 Å². The number of likely N-dealkylation sites (tertiary alicyclic amines) is 1. The Kier molecular flexibility index (Phi) is 6.62. The summed E-state index contributed by atoms with van der Waals surface area (Å²) in [4.78, 5) is 5.36. The summed E-state index contributed by atoms with van der Waals surface area (Å²) in [5, 5.41) is 3.47. The van der Waals surface area contributed by atoms with Gasteiger partial charge in [0, 0.05) is 12.6 Å². The molecule has 0 bridgehead atoms. The van der Waals surface area contributed by atoms with Crippen molar-refractivity contribution in [3.63, 3.8) is 0 Å². The van der Waals surface area contributed by atoms with Crippen LogP contribution in [0.2, 0.25) is 0 Å². The van der Waals surface area contributed by atoms with Crippen molar-refractivity contribution >= 4 is 0 Å². The van der Waals surface area contributed by atoms with Crippen LogP contribution in [0.5, 0.6) is 0 Å². The molecule has 2 aliphatic rings. The normalized spacial score (nSPS) is 22.7. The van der Waals surface area contributed by atoms with Crippen molar-refractivity contribution in [2.24, 2.45) is 5.92 Å². The first-order valence-corrected chi connectivity index (χ1v) is 8.43. The van der Waals surface area contributed by atoms with E-state index in [1.807, 2.05) is 0 Å². The maximum atomic E-state index is 3.47. The monoisotopic (exact) mass is 267 g/mol. The van der Waals surface area contributed by atoms with Crippen molar-refractivity contribution in [3.8, 4) is 0 Å². The first kappa shape index (κ1) is 15.3. The van der Waals surface area contributed by atoms with Crippen molar-refractivity contribution in [3.05, 3.63) is 0 Å². The Balaban J connectivity index is 1.66. The molecule has 0 aromatic carbocycles. The fourth-order valence-corrected chi connectivity index (χ4v) is 3.46. The molecule has 2 fully saturated rings. The first-order chi connectivity index (χ1) is 9.25. The van der Waals surface area contributed by atoms with Crippen LogP contribution in [0.4, 0.5) is 0 Å². The van der Waals surface area contributed by atoms with Crippen LogP contribution >= 0.6 is 0 Å². The van der Waals surface area contributed by atoms with Gasteiger partial charge in [0.15, 0.2) is 0 Å². The number of nitrogens with zero attached hydrogens (tertiary/aromatic N) is 2. The molecular weight excluding hydrogens is 234 g/mol. The summed E-state index contributed by atoms with van der Waals surface area (Å²) in [6.45, 7) is 13.8. The Morgan fingerprint density at radius 2 is 1.84 bits per heavy atom. The van der Waals surface area contributed by atoms with Crippen molar-refractivity contribution < 1.29 is 0 Å². The fourth-order valence-electron chi connectivity index (χ4n) is 3.46. The number of nitrogens with one attached hydrogen (secondary N) is 1. The molecule has 0 aromatic rings. The molecular formula is C16H33N3. The van der Waals surface area contributed by atoms with Gasteiger partial charge in [-0.25, -0.2) is 0 Å². The van der Waals surface area contributed by atoms with Crippen LogP contribution in [0.15, 0.2) is 0 Å². The van der Waals surface area contributed by atoms with E-state index in [4.69, 9.17) is 0 Å². The molecule has 0 radical (unpaired) electrons. The van der Waals surface area contributed by atoms with Crippen molar-refractivity contribution in [1.82, 2.24) is 15.1 Å². The highest BCUT2D eigenvalue weighted by molar-refractivity contribution is 4.75. The van der Waals surface area contributed by atoms with Gasteiger partial charge in [-0.3, -0.25) is 0 Å². The molecule has 2 saturated heterocycles. The number of rotatable bonds is 7. The molecule has 3 nitrogen and oxygen atoms in total. The van der Waals surface area contributed by atoms with E-state index in [1.165, 1.54) is 77.9 Å². The lowest BCUT2D eigenvalue weighted by Gasteiger charge is -2.33. The lowest BCUT2D eigenvalue weighted by molar-refractivity contribution is 0.160. The zero-order chi connectivity index (χ0) is 13.5. The molecule has 19 heavy (non-hydrogen) atoms. The van der Waals surface area contributed by atoms with Gasteiger partial charge in [-0.05, 0) is 91.1 Å². The number of piperidine rings is 1. The van der Waals surface area contributed by atoms with E-state index in [0.717, 1.165) is 5.92 Å². The standard InChI is InChI=1S/C16H33N3/c1-15(2)19(14-16-6-8-17-9-7-16)13-5-12-18-10-3-4-11-18/h15-17H,3-14H2,1-2H3.